The molecule has 0 atom stereocenters. The van der Waals surface area contributed by atoms with Gasteiger partial charge in [0.25, 0.3) is 5.91 Å². The quantitative estimate of drug-likeness (QED) is 0.758. The Morgan fingerprint density at radius 3 is 2.79 bits per heavy atom. The molecule has 0 aliphatic carbocycles. The summed E-state index contributed by atoms with van der Waals surface area (Å²) in [4.78, 5) is 35.7. The van der Waals surface area contributed by atoms with Crippen molar-refractivity contribution in [1.82, 2.24) is 10.1 Å². The zero-order valence-corrected chi connectivity index (χ0v) is 10.3. The molecule has 2 amide bonds. The highest BCUT2D eigenvalue weighted by Gasteiger charge is 2.28. The van der Waals surface area contributed by atoms with Gasteiger partial charge in [-0.2, -0.15) is 0 Å². The second-order valence-electron chi connectivity index (χ2n) is 4.13. The van der Waals surface area contributed by atoms with Crippen LogP contribution >= 0.6 is 0 Å². The molecule has 1 aromatic rings. The average Bonchev–Trinajstić information content (AvgIpc) is 2.93. The van der Waals surface area contributed by atoms with Crippen LogP contribution in [0.3, 0.4) is 0 Å². The Morgan fingerprint density at radius 2 is 2.26 bits per heavy atom. The predicted octanol–water partition coefficient (Wildman–Crippen LogP) is -0.129. The third kappa shape index (κ3) is 2.56. The topological polar surface area (TPSA) is 116 Å². The zero-order chi connectivity index (χ0) is 14.0. The van der Waals surface area contributed by atoms with Gasteiger partial charge in [-0.15, -0.1) is 0 Å². The molecular weight excluding hydrogens is 254 g/mol. The number of esters is 1. The number of rotatable bonds is 3. The van der Waals surface area contributed by atoms with E-state index >= 15 is 0 Å². The number of nitrogens with zero attached hydrogens (tertiary/aromatic N) is 2. The van der Waals surface area contributed by atoms with Gasteiger partial charge in [0.15, 0.2) is 6.61 Å². The van der Waals surface area contributed by atoms with Crippen LogP contribution in [0.4, 0.5) is 5.88 Å². The molecule has 8 heteroatoms. The second kappa shape index (κ2) is 5.09. The van der Waals surface area contributed by atoms with E-state index in [4.69, 9.17) is 10.5 Å². The number of hydrogen-bond acceptors (Lipinski definition) is 7. The number of hydrogen-bond donors (Lipinski definition) is 1. The van der Waals surface area contributed by atoms with E-state index in [2.05, 4.69) is 9.68 Å². The molecule has 2 N–H and O–H groups in total. The van der Waals surface area contributed by atoms with Crippen LogP contribution in [0.1, 0.15) is 28.9 Å². The predicted molar refractivity (Wildman–Crippen MR) is 61.9 cm³/mol. The molecule has 1 aliphatic heterocycles. The molecule has 0 saturated carbocycles. The van der Waals surface area contributed by atoms with Gasteiger partial charge in [0.05, 0.1) is 5.69 Å². The van der Waals surface area contributed by atoms with Crippen molar-refractivity contribution in [2.75, 3.05) is 18.9 Å². The van der Waals surface area contributed by atoms with Crippen LogP contribution in [0.15, 0.2) is 4.52 Å². The number of aromatic nitrogens is 1. The molecule has 0 aromatic carbocycles. The molecular formula is C11H13N3O5. The minimum absolute atomic E-state index is 0.000508. The number of aryl methyl sites for hydroxylation is 1. The molecule has 19 heavy (non-hydrogen) atoms. The van der Waals surface area contributed by atoms with Crippen LogP contribution in [0.5, 0.6) is 0 Å². The Balaban J connectivity index is 1.94. The summed E-state index contributed by atoms with van der Waals surface area (Å²) in [7, 11) is 0. The van der Waals surface area contributed by atoms with Gasteiger partial charge >= 0.3 is 5.97 Å². The fourth-order valence-electron chi connectivity index (χ4n) is 1.82. The number of carbonyl (C=O) groups is 3. The molecule has 1 saturated heterocycles. The minimum Gasteiger partial charge on any atom is -0.452 e. The van der Waals surface area contributed by atoms with Gasteiger partial charge in [0.1, 0.15) is 5.56 Å². The monoisotopic (exact) mass is 267 g/mol. The minimum atomic E-state index is -0.795. The van der Waals surface area contributed by atoms with Crippen molar-refractivity contribution in [3.63, 3.8) is 0 Å². The smallest absolute Gasteiger partial charge is 0.346 e. The highest BCUT2D eigenvalue weighted by molar-refractivity contribution is 5.99. The molecule has 0 radical (unpaired) electrons. The van der Waals surface area contributed by atoms with E-state index in [-0.39, 0.29) is 23.0 Å². The fraction of sp³-hybridized carbons (Fsp3) is 0.455. The van der Waals surface area contributed by atoms with Crippen LogP contribution in [0.25, 0.3) is 0 Å². The fourth-order valence-corrected chi connectivity index (χ4v) is 1.82. The van der Waals surface area contributed by atoms with Crippen LogP contribution in [0, 0.1) is 6.92 Å². The third-order valence-corrected chi connectivity index (χ3v) is 2.79. The van der Waals surface area contributed by atoms with Gasteiger partial charge in [-0.25, -0.2) is 4.79 Å². The summed E-state index contributed by atoms with van der Waals surface area (Å²) in [5.74, 6) is -1.74. The van der Waals surface area contributed by atoms with Crippen molar-refractivity contribution in [2.24, 2.45) is 0 Å². The first-order chi connectivity index (χ1) is 9.00. The van der Waals surface area contributed by atoms with Crippen molar-refractivity contribution in [2.45, 2.75) is 19.8 Å². The first kappa shape index (κ1) is 13.1. The lowest BCUT2D eigenvalue weighted by molar-refractivity contribution is -0.143. The van der Waals surface area contributed by atoms with E-state index in [1.807, 2.05) is 0 Å². The summed E-state index contributed by atoms with van der Waals surface area (Å²) in [6.45, 7) is 1.39. The molecule has 8 nitrogen and oxygen atoms in total. The Kier molecular flexibility index (Phi) is 3.50. The number of imide groups is 1. The number of anilines is 1. The van der Waals surface area contributed by atoms with Crippen LogP contribution in [-0.2, 0) is 14.3 Å². The number of nitrogen functional groups attached to an aromatic ring is 1. The third-order valence-electron chi connectivity index (χ3n) is 2.79. The number of amides is 2. The summed E-state index contributed by atoms with van der Waals surface area (Å²) in [6, 6.07) is 0. The summed E-state index contributed by atoms with van der Waals surface area (Å²) in [5.41, 5.74) is 5.70. The lowest BCUT2D eigenvalue weighted by Gasteiger charge is -2.13. The lowest BCUT2D eigenvalue weighted by Crippen LogP contribution is -2.35. The van der Waals surface area contributed by atoms with E-state index in [0.29, 0.717) is 19.4 Å². The van der Waals surface area contributed by atoms with E-state index < -0.39 is 18.5 Å². The normalized spacial score (nSPS) is 14.8. The van der Waals surface area contributed by atoms with E-state index in [0.717, 1.165) is 4.90 Å². The molecule has 0 spiro atoms. The Hall–Kier alpha value is -2.38. The molecule has 0 bridgehead atoms. The Bertz CT molecular complexity index is 517. The summed E-state index contributed by atoms with van der Waals surface area (Å²) < 4.78 is 9.43. The van der Waals surface area contributed by atoms with Crippen molar-refractivity contribution < 1.29 is 23.6 Å². The van der Waals surface area contributed by atoms with Crippen molar-refractivity contribution in [3.05, 3.63) is 11.3 Å². The summed E-state index contributed by atoms with van der Waals surface area (Å²) in [5, 5.41) is 3.50. The highest BCUT2D eigenvalue weighted by Crippen LogP contribution is 2.17. The van der Waals surface area contributed by atoms with Crippen LogP contribution in [0.2, 0.25) is 0 Å². The largest absolute Gasteiger partial charge is 0.452 e. The summed E-state index contributed by atoms with van der Waals surface area (Å²) >= 11 is 0. The van der Waals surface area contributed by atoms with E-state index in [9.17, 15) is 14.4 Å². The Labute approximate surface area is 108 Å². The number of nitrogens with two attached hydrogens (primary N) is 1. The van der Waals surface area contributed by atoms with Gasteiger partial charge in [-0.1, -0.05) is 5.16 Å². The molecule has 102 valence electrons. The number of likely N-dealkylation sites (tertiary alicyclic amines) is 1. The maximum atomic E-state index is 11.7. The Morgan fingerprint density at radius 1 is 1.53 bits per heavy atom. The maximum Gasteiger partial charge on any atom is 0.346 e. The van der Waals surface area contributed by atoms with Gasteiger partial charge in [0.2, 0.25) is 11.8 Å². The second-order valence-corrected chi connectivity index (χ2v) is 4.13. The average molecular weight is 267 g/mol. The highest BCUT2D eigenvalue weighted by atomic mass is 16.5. The zero-order valence-electron chi connectivity index (χ0n) is 10.3. The van der Waals surface area contributed by atoms with Gasteiger partial charge < -0.3 is 15.0 Å². The van der Waals surface area contributed by atoms with Crippen molar-refractivity contribution in [3.8, 4) is 0 Å². The van der Waals surface area contributed by atoms with Crippen molar-refractivity contribution in [1.29, 1.82) is 0 Å². The van der Waals surface area contributed by atoms with Crippen LogP contribution in [-0.4, -0.2) is 41.0 Å². The van der Waals surface area contributed by atoms with E-state index in [1.54, 1.807) is 0 Å². The first-order valence-electron chi connectivity index (χ1n) is 5.72. The molecule has 2 rings (SSSR count). The molecule has 1 fully saturated rings. The standard InChI is InChI=1S/C11H13N3O5/c1-6-9(10(12)19-13-6)11(17)18-5-8(16)14-4-2-3-7(14)15/h2-5,12H2,1H3. The number of carbonyl (C=O) groups excluding carboxylic acids is 3. The molecule has 2 heterocycles. The molecule has 1 aliphatic rings. The van der Waals surface area contributed by atoms with Gasteiger partial charge in [-0.3, -0.25) is 14.5 Å². The van der Waals surface area contributed by atoms with Gasteiger partial charge in [-0.05, 0) is 13.3 Å². The summed E-state index contributed by atoms with van der Waals surface area (Å²) in [6.07, 6.45) is 0.980. The maximum absolute atomic E-state index is 11.7. The van der Waals surface area contributed by atoms with E-state index in [1.165, 1.54) is 6.92 Å². The van der Waals surface area contributed by atoms with Gasteiger partial charge in [0, 0.05) is 13.0 Å². The SMILES string of the molecule is Cc1noc(N)c1C(=O)OCC(=O)N1CCCC1=O. The van der Waals surface area contributed by atoms with Crippen molar-refractivity contribution >= 4 is 23.7 Å². The number of ether oxygens (including phenoxy) is 1. The lowest BCUT2D eigenvalue weighted by atomic mass is 10.2. The molecule has 0 unspecified atom stereocenters. The first-order valence-corrected chi connectivity index (χ1v) is 5.72. The van der Waals surface area contributed by atoms with Crippen LogP contribution < -0.4 is 5.73 Å². The molecule has 1 aromatic heterocycles.